The topological polar surface area (TPSA) is 37.3 Å². The van der Waals surface area contributed by atoms with Gasteiger partial charge in [-0.25, -0.2) is 9.18 Å². The highest BCUT2D eigenvalue weighted by Crippen LogP contribution is 2.44. The van der Waals surface area contributed by atoms with Gasteiger partial charge in [0.15, 0.2) is 0 Å². The number of hydrogen-bond acceptors (Lipinski definition) is 2. The first-order valence-electron chi connectivity index (χ1n) is 12.2. The van der Waals surface area contributed by atoms with Crippen molar-refractivity contribution in [2.45, 2.75) is 52.1 Å². The second-order valence-corrected chi connectivity index (χ2v) is 10.8. The Labute approximate surface area is 209 Å². The summed E-state index contributed by atoms with van der Waals surface area (Å²) in [5.41, 5.74) is 7.35. The van der Waals surface area contributed by atoms with Crippen molar-refractivity contribution < 1.29 is 9.18 Å². The van der Waals surface area contributed by atoms with E-state index >= 15 is 0 Å². The molecule has 4 aromatic rings. The second-order valence-electron chi connectivity index (χ2n) is 9.69. The van der Waals surface area contributed by atoms with Crippen molar-refractivity contribution in [1.29, 1.82) is 0 Å². The minimum absolute atomic E-state index is 0.180. The first-order chi connectivity index (χ1) is 17.0. The summed E-state index contributed by atoms with van der Waals surface area (Å²) >= 11 is 1.85. The van der Waals surface area contributed by atoms with Crippen LogP contribution in [-0.4, -0.2) is 15.5 Å². The van der Waals surface area contributed by atoms with Crippen LogP contribution in [0.5, 0.6) is 0 Å². The molecule has 0 spiro atoms. The van der Waals surface area contributed by atoms with Gasteiger partial charge in [0.2, 0.25) is 0 Å². The SMILES string of the molecule is Cc1cc(C)cc(NC(=O)N2Cc3c(sc4c3CCCC4)-n3cccc3C2c2cccc(F)c2)c1. The minimum atomic E-state index is -0.412. The third-order valence-corrected chi connectivity index (χ3v) is 8.41. The molecule has 2 aliphatic rings. The van der Waals surface area contributed by atoms with Gasteiger partial charge in [-0.05, 0) is 98.2 Å². The van der Waals surface area contributed by atoms with Crippen LogP contribution >= 0.6 is 11.3 Å². The van der Waals surface area contributed by atoms with Gasteiger partial charge in [-0.15, -0.1) is 11.3 Å². The van der Waals surface area contributed by atoms with Gasteiger partial charge in [0.1, 0.15) is 10.8 Å². The third-order valence-electron chi connectivity index (χ3n) is 7.08. The van der Waals surface area contributed by atoms with Crippen LogP contribution in [0.4, 0.5) is 14.9 Å². The molecule has 1 aliphatic heterocycles. The van der Waals surface area contributed by atoms with Crippen LogP contribution in [0, 0.1) is 19.7 Å². The number of fused-ring (bicyclic) bond motifs is 5. The number of nitrogens with zero attached hydrogens (tertiary/aromatic N) is 2. The van der Waals surface area contributed by atoms with E-state index in [1.807, 2.05) is 54.3 Å². The van der Waals surface area contributed by atoms with Crippen LogP contribution in [0.2, 0.25) is 0 Å². The largest absolute Gasteiger partial charge is 0.322 e. The molecule has 35 heavy (non-hydrogen) atoms. The lowest BCUT2D eigenvalue weighted by atomic mass is 9.95. The Bertz CT molecular complexity index is 1420. The first kappa shape index (κ1) is 22.1. The number of carbonyl (C=O) groups is 1. The fourth-order valence-corrected chi connectivity index (χ4v) is 7.06. The molecule has 1 aliphatic carbocycles. The number of urea groups is 1. The van der Waals surface area contributed by atoms with Gasteiger partial charge < -0.3 is 14.8 Å². The Balaban J connectivity index is 1.50. The quantitative estimate of drug-likeness (QED) is 0.318. The number of anilines is 1. The monoisotopic (exact) mass is 485 g/mol. The smallest absolute Gasteiger partial charge is 0.310 e. The molecule has 6 rings (SSSR count). The van der Waals surface area contributed by atoms with Gasteiger partial charge in [0.05, 0.1) is 18.3 Å². The second kappa shape index (κ2) is 8.68. The molecule has 2 aromatic carbocycles. The van der Waals surface area contributed by atoms with Gasteiger partial charge in [-0.2, -0.15) is 0 Å². The lowest BCUT2D eigenvalue weighted by Gasteiger charge is -2.31. The van der Waals surface area contributed by atoms with Crippen LogP contribution in [0.25, 0.3) is 5.00 Å². The summed E-state index contributed by atoms with van der Waals surface area (Å²) < 4.78 is 16.6. The lowest BCUT2D eigenvalue weighted by Crippen LogP contribution is -2.38. The number of nitrogens with one attached hydrogen (secondary N) is 1. The van der Waals surface area contributed by atoms with Gasteiger partial charge in [-0.3, -0.25) is 0 Å². The fourth-order valence-electron chi connectivity index (χ4n) is 5.66. The van der Waals surface area contributed by atoms with E-state index in [4.69, 9.17) is 0 Å². The Kier molecular flexibility index (Phi) is 5.49. The van der Waals surface area contributed by atoms with Crippen molar-refractivity contribution in [1.82, 2.24) is 9.47 Å². The van der Waals surface area contributed by atoms with E-state index in [1.165, 1.54) is 39.9 Å². The number of thiophene rings is 1. The molecular formula is C29H28FN3OS. The first-order valence-corrected chi connectivity index (χ1v) is 13.0. The number of rotatable bonds is 2. The normalized spacial score (nSPS) is 16.8. The highest BCUT2D eigenvalue weighted by molar-refractivity contribution is 7.15. The lowest BCUT2D eigenvalue weighted by molar-refractivity contribution is 0.194. The van der Waals surface area contributed by atoms with E-state index in [-0.39, 0.29) is 11.8 Å². The van der Waals surface area contributed by atoms with E-state index in [9.17, 15) is 9.18 Å². The number of halogens is 1. The fraction of sp³-hybridized carbons (Fsp3) is 0.276. The highest BCUT2D eigenvalue weighted by Gasteiger charge is 2.36. The van der Waals surface area contributed by atoms with Gasteiger partial charge in [-0.1, -0.05) is 18.2 Å². The van der Waals surface area contributed by atoms with Crippen LogP contribution < -0.4 is 5.32 Å². The maximum Gasteiger partial charge on any atom is 0.322 e. The molecule has 0 saturated carbocycles. The van der Waals surface area contributed by atoms with Crippen molar-refractivity contribution in [2.24, 2.45) is 0 Å². The van der Waals surface area contributed by atoms with Crippen LogP contribution in [0.1, 0.15) is 57.3 Å². The standard InChI is InChI=1S/C29H28FN3OS/c1-18-13-19(2)15-22(14-18)31-29(34)33-17-24-23-9-3-4-11-26(23)35-28(24)32-12-6-10-25(32)27(33)20-7-5-8-21(30)16-20/h5-8,10,12-16,27H,3-4,9,11,17H2,1-2H3,(H,31,34). The Morgan fingerprint density at radius 3 is 2.60 bits per heavy atom. The summed E-state index contributed by atoms with van der Waals surface area (Å²) in [5, 5.41) is 4.34. The molecule has 0 fully saturated rings. The molecule has 6 heteroatoms. The van der Waals surface area contributed by atoms with Gasteiger partial charge in [0, 0.05) is 22.3 Å². The summed E-state index contributed by atoms with van der Waals surface area (Å²) in [6, 6.07) is 16.2. The highest BCUT2D eigenvalue weighted by atomic mass is 32.1. The number of carbonyl (C=O) groups excluding carboxylic acids is 1. The Morgan fingerprint density at radius 1 is 1.00 bits per heavy atom. The summed E-state index contributed by atoms with van der Waals surface area (Å²) in [5.74, 6) is -0.299. The molecule has 1 unspecified atom stereocenters. The Morgan fingerprint density at radius 2 is 1.80 bits per heavy atom. The third kappa shape index (κ3) is 3.96. The maximum absolute atomic E-state index is 14.4. The molecular weight excluding hydrogens is 457 g/mol. The van der Waals surface area contributed by atoms with Crippen molar-refractivity contribution in [3.05, 3.63) is 105 Å². The van der Waals surface area contributed by atoms with Crippen LogP contribution in [-0.2, 0) is 19.4 Å². The van der Waals surface area contributed by atoms with E-state index in [1.54, 1.807) is 12.1 Å². The molecule has 0 bridgehead atoms. The summed E-state index contributed by atoms with van der Waals surface area (Å²) in [4.78, 5) is 17.3. The molecule has 2 aromatic heterocycles. The predicted octanol–water partition coefficient (Wildman–Crippen LogP) is 7.31. The average molecular weight is 486 g/mol. The van der Waals surface area contributed by atoms with Crippen molar-refractivity contribution >= 4 is 23.1 Å². The van der Waals surface area contributed by atoms with E-state index in [0.29, 0.717) is 6.54 Å². The molecule has 3 heterocycles. The van der Waals surface area contributed by atoms with Crippen LogP contribution in [0.15, 0.2) is 60.8 Å². The average Bonchev–Trinajstić information content (AvgIpc) is 3.40. The van der Waals surface area contributed by atoms with E-state index in [0.717, 1.165) is 40.9 Å². The Hall–Kier alpha value is -3.38. The number of hydrogen-bond donors (Lipinski definition) is 1. The maximum atomic E-state index is 14.4. The predicted molar refractivity (Wildman–Crippen MR) is 139 cm³/mol. The molecule has 0 saturated heterocycles. The zero-order chi connectivity index (χ0) is 24.1. The number of benzene rings is 2. The zero-order valence-corrected chi connectivity index (χ0v) is 20.8. The summed E-state index contributed by atoms with van der Waals surface area (Å²) in [6.45, 7) is 4.54. The van der Waals surface area contributed by atoms with E-state index in [2.05, 4.69) is 28.2 Å². The molecule has 1 atom stereocenters. The van der Waals surface area contributed by atoms with E-state index < -0.39 is 6.04 Å². The molecule has 178 valence electrons. The minimum Gasteiger partial charge on any atom is -0.310 e. The number of aromatic nitrogens is 1. The van der Waals surface area contributed by atoms with Crippen LogP contribution in [0.3, 0.4) is 0 Å². The number of aryl methyl sites for hydroxylation is 3. The number of amides is 2. The van der Waals surface area contributed by atoms with Crippen molar-refractivity contribution in [3.8, 4) is 5.00 Å². The molecule has 4 nitrogen and oxygen atoms in total. The van der Waals surface area contributed by atoms with Gasteiger partial charge in [0.25, 0.3) is 0 Å². The summed E-state index contributed by atoms with van der Waals surface area (Å²) in [7, 11) is 0. The molecule has 0 radical (unpaired) electrons. The molecule has 1 N–H and O–H groups in total. The molecule has 2 amide bonds. The van der Waals surface area contributed by atoms with Crippen molar-refractivity contribution in [3.63, 3.8) is 0 Å². The van der Waals surface area contributed by atoms with Gasteiger partial charge >= 0.3 is 6.03 Å². The van der Waals surface area contributed by atoms with Crippen molar-refractivity contribution in [2.75, 3.05) is 5.32 Å². The summed E-state index contributed by atoms with van der Waals surface area (Å²) in [6.07, 6.45) is 6.62. The zero-order valence-electron chi connectivity index (χ0n) is 20.0.